The molecular weight excluding hydrogens is 322 g/mol. The zero-order valence-electron chi connectivity index (χ0n) is 8.95. The maximum Gasteiger partial charge on any atom is 0.257 e. The van der Waals surface area contributed by atoms with Gasteiger partial charge in [-0.05, 0) is 46.3 Å². The Hall–Kier alpha value is -1.46. The van der Waals surface area contributed by atoms with E-state index in [-0.39, 0.29) is 10.9 Å². The van der Waals surface area contributed by atoms with Gasteiger partial charge in [-0.15, -0.1) is 0 Å². The second-order valence-electron chi connectivity index (χ2n) is 3.45. The van der Waals surface area contributed by atoms with Crippen LogP contribution in [-0.4, -0.2) is 10.9 Å². The van der Waals surface area contributed by atoms with Crippen molar-refractivity contribution in [1.82, 2.24) is 4.98 Å². The monoisotopic (exact) mass is 328 g/mol. The molecule has 2 aromatic rings. The van der Waals surface area contributed by atoms with Crippen LogP contribution in [0.4, 0.5) is 10.1 Å². The third kappa shape index (κ3) is 3.05. The highest BCUT2D eigenvalue weighted by Gasteiger charge is 2.08. The Morgan fingerprint density at radius 3 is 2.72 bits per heavy atom. The number of carbonyl (C=O) groups excluding carboxylic acids is 1. The number of amides is 1. The van der Waals surface area contributed by atoms with E-state index in [4.69, 9.17) is 11.6 Å². The Morgan fingerprint density at radius 1 is 1.33 bits per heavy atom. The number of anilines is 1. The van der Waals surface area contributed by atoms with Crippen molar-refractivity contribution in [3.05, 3.63) is 57.5 Å². The number of carbonyl (C=O) groups is 1. The summed E-state index contributed by atoms with van der Waals surface area (Å²) in [4.78, 5) is 15.7. The highest BCUT2D eigenvalue weighted by atomic mass is 79.9. The van der Waals surface area contributed by atoms with Gasteiger partial charge in [-0.1, -0.05) is 11.6 Å². The highest BCUT2D eigenvalue weighted by Crippen LogP contribution is 2.19. The van der Waals surface area contributed by atoms with Crippen molar-refractivity contribution < 1.29 is 9.18 Å². The topological polar surface area (TPSA) is 42.0 Å². The van der Waals surface area contributed by atoms with E-state index in [1.165, 1.54) is 18.3 Å². The Balaban J connectivity index is 2.16. The van der Waals surface area contributed by atoms with E-state index in [1.54, 1.807) is 12.1 Å². The number of hydrogen-bond donors (Lipinski definition) is 1. The molecule has 1 N–H and O–H groups in total. The van der Waals surface area contributed by atoms with E-state index in [2.05, 4.69) is 26.2 Å². The normalized spacial score (nSPS) is 10.2. The number of benzene rings is 1. The summed E-state index contributed by atoms with van der Waals surface area (Å²) in [6.45, 7) is 0. The Labute approximate surface area is 116 Å². The fourth-order valence-electron chi connectivity index (χ4n) is 1.29. The van der Waals surface area contributed by atoms with Crippen LogP contribution < -0.4 is 5.32 Å². The van der Waals surface area contributed by atoms with Gasteiger partial charge in [0.1, 0.15) is 10.4 Å². The number of aromatic nitrogens is 1. The molecule has 18 heavy (non-hydrogen) atoms. The molecule has 3 nitrogen and oxygen atoms in total. The lowest BCUT2D eigenvalue weighted by Crippen LogP contribution is -2.12. The molecule has 1 heterocycles. The summed E-state index contributed by atoms with van der Waals surface area (Å²) < 4.78 is 13.8. The van der Waals surface area contributed by atoms with Crippen molar-refractivity contribution in [2.45, 2.75) is 0 Å². The minimum atomic E-state index is -0.580. The van der Waals surface area contributed by atoms with E-state index >= 15 is 0 Å². The fourth-order valence-corrected chi connectivity index (χ4v) is 1.64. The first-order chi connectivity index (χ1) is 8.56. The zero-order valence-corrected chi connectivity index (χ0v) is 11.3. The van der Waals surface area contributed by atoms with E-state index in [0.29, 0.717) is 15.9 Å². The Morgan fingerprint density at radius 2 is 2.11 bits per heavy atom. The third-order valence-electron chi connectivity index (χ3n) is 2.17. The first kappa shape index (κ1) is 13.0. The number of pyridine rings is 1. The molecule has 0 aliphatic heterocycles. The minimum Gasteiger partial charge on any atom is -0.322 e. The van der Waals surface area contributed by atoms with Crippen LogP contribution in [-0.2, 0) is 0 Å². The maximum atomic E-state index is 13.2. The summed E-state index contributed by atoms with van der Waals surface area (Å²) in [5, 5.41) is 2.57. The van der Waals surface area contributed by atoms with E-state index in [1.807, 2.05) is 0 Å². The average molecular weight is 330 g/mol. The predicted molar refractivity (Wildman–Crippen MR) is 71.3 cm³/mol. The van der Waals surface area contributed by atoms with Crippen LogP contribution in [0, 0.1) is 5.82 Å². The summed E-state index contributed by atoms with van der Waals surface area (Å²) in [6, 6.07) is 7.32. The molecule has 1 amide bonds. The van der Waals surface area contributed by atoms with Crippen LogP contribution in [0.25, 0.3) is 0 Å². The summed E-state index contributed by atoms with van der Waals surface area (Å²) >= 11 is 8.72. The SMILES string of the molecule is O=C(Nc1ccc(Cl)c(F)c1)c1ccc(Br)nc1. The smallest absolute Gasteiger partial charge is 0.257 e. The lowest BCUT2D eigenvalue weighted by atomic mass is 10.2. The van der Waals surface area contributed by atoms with Gasteiger partial charge in [0.05, 0.1) is 10.6 Å². The average Bonchev–Trinajstić information content (AvgIpc) is 2.34. The van der Waals surface area contributed by atoms with E-state index in [9.17, 15) is 9.18 Å². The molecule has 2 rings (SSSR count). The van der Waals surface area contributed by atoms with Crippen molar-refractivity contribution in [2.75, 3.05) is 5.32 Å². The van der Waals surface area contributed by atoms with Crippen LogP contribution in [0.3, 0.4) is 0 Å². The zero-order chi connectivity index (χ0) is 13.1. The number of halogens is 3. The molecular formula is C12H7BrClFN2O. The van der Waals surface area contributed by atoms with Crippen LogP contribution in [0.1, 0.15) is 10.4 Å². The van der Waals surface area contributed by atoms with Crippen molar-refractivity contribution >= 4 is 39.1 Å². The molecule has 92 valence electrons. The molecule has 0 saturated carbocycles. The quantitative estimate of drug-likeness (QED) is 0.849. The van der Waals surface area contributed by atoms with Gasteiger partial charge < -0.3 is 5.32 Å². The fraction of sp³-hybridized carbons (Fsp3) is 0. The summed E-state index contributed by atoms with van der Waals surface area (Å²) in [5.74, 6) is -0.944. The lowest BCUT2D eigenvalue weighted by Gasteiger charge is -2.05. The molecule has 0 fully saturated rings. The van der Waals surface area contributed by atoms with Gasteiger partial charge in [-0.25, -0.2) is 9.37 Å². The number of hydrogen-bond acceptors (Lipinski definition) is 2. The molecule has 0 unspecified atom stereocenters. The van der Waals surface area contributed by atoms with Crippen LogP contribution in [0.15, 0.2) is 41.1 Å². The standard InChI is InChI=1S/C12H7BrClFN2O/c13-11-4-1-7(6-16-11)12(18)17-8-2-3-9(14)10(15)5-8/h1-6H,(H,17,18). The second kappa shape index (κ2) is 5.46. The van der Waals surface area contributed by atoms with Gasteiger partial charge >= 0.3 is 0 Å². The van der Waals surface area contributed by atoms with Crippen molar-refractivity contribution in [3.63, 3.8) is 0 Å². The Kier molecular flexibility index (Phi) is 3.93. The van der Waals surface area contributed by atoms with Gasteiger partial charge in [-0.3, -0.25) is 4.79 Å². The molecule has 1 aromatic heterocycles. The third-order valence-corrected chi connectivity index (χ3v) is 2.94. The van der Waals surface area contributed by atoms with Crippen molar-refractivity contribution in [1.29, 1.82) is 0 Å². The van der Waals surface area contributed by atoms with Gasteiger partial charge in [-0.2, -0.15) is 0 Å². The minimum absolute atomic E-state index is 0.0123. The van der Waals surface area contributed by atoms with E-state index < -0.39 is 5.82 Å². The summed E-state index contributed by atoms with van der Waals surface area (Å²) in [7, 11) is 0. The van der Waals surface area contributed by atoms with Gasteiger partial charge in [0.2, 0.25) is 0 Å². The van der Waals surface area contributed by atoms with Crippen LogP contribution >= 0.6 is 27.5 Å². The summed E-state index contributed by atoms with van der Waals surface area (Å²) in [6.07, 6.45) is 1.42. The molecule has 0 atom stereocenters. The molecule has 0 radical (unpaired) electrons. The lowest BCUT2D eigenvalue weighted by molar-refractivity contribution is 0.102. The first-order valence-corrected chi connectivity index (χ1v) is 6.11. The van der Waals surface area contributed by atoms with Crippen LogP contribution in [0.2, 0.25) is 5.02 Å². The number of nitrogens with zero attached hydrogens (tertiary/aromatic N) is 1. The Bertz CT molecular complexity index is 589. The number of rotatable bonds is 2. The molecule has 0 bridgehead atoms. The second-order valence-corrected chi connectivity index (χ2v) is 4.67. The first-order valence-electron chi connectivity index (χ1n) is 4.94. The van der Waals surface area contributed by atoms with Crippen molar-refractivity contribution in [3.8, 4) is 0 Å². The number of nitrogens with one attached hydrogen (secondary N) is 1. The molecule has 6 heteroatoms. The largest absolute Gasteiger partial charge is 0.322 e. The van der Waals surface area contributed by atoms with Gasteiger partial charge in [0, 0.05) is 11.9 Å². The van der Waals surface area contributed by atoms with E-state index in [0.717, 1.165) is 6.07 Å². The highest BCUT2D eigenvalue weighted by molar-refractivity contribution is 9.10. The maximum absolute atomic E-state index is 13.2. The molecule has 1 aromatic carbocycles. The molecule has 0 aliphatic rings. The van der Waals surface area contributed by atoms with Crippen LogP contribution in [0.5, 0.6) is 0 Å². The van der Waals surface area contributed by atoms with Gasteiger partial charge in [0.25, 0.3) is 5.91 Å². The molecule has 0 aliphatic carbocycles. The molecule has 0 saturated heterocycles. The van der Waals surface area contributed by atoms with Gasteiger partial charge in [0.15, 0.2) is 0 Å². The molecule has 0 spiro atoms. The predicted octanol–water partition coefficient (Wildman–Crippen LogP) is 3.89. The summed E-state index contributed by atoms with van der Waals surface area (Å²) in [5.41, 5.74) is 0.721. The van der Waals surface area contributed by atoms with Crippen molar-refractivity contribution in [2.24, 2.45) is 0 Å².